The van der Waals surface area contributed by atoms with Gasteiger partial charge < -0.3 is 19.6 Å². The molecule has 1 aliphatic carbocycles. The highest BCUT2D eigenvalue weighted by Gasteiger charge is 2.41. The largest absolute Gasteiger partial charge is 0.486 e. The molecule has 2 aliphatic heterocycles. The van der Waals surface area contributed by atoms with E-state index in [1.165, 1.54) is 19.3 Å². The molecule has 2 fully saturated rings. The maximum absolute atomic E-state index is 9.89. The van der Waals surface area contributed by atoms with Gasteiger partial charge in [-0.1, -0.05) is 43.5 Å². The lowest BCUT2D eigenvalue weighted by atomic mass is 9.63. The van der Waals surface area contributed by atoms with Crippen molar-refractivity contribution in [3.63, 3.8) is 0 Å². The van der Waals surface area contributed by atoms with Crippen LogP contribution in [0.25, 0.3) is 0 Å². The van der Waals surface area contributed by atoms with Gasteiger partial charge in [0.05, 0.1) is 23.5 Å². The normalized spacial score (nSPS) is 20.7. The van der Waals surface area contributed by atoms with Gasteiger partial charge in [0, 0.05) is 31.6 Å². The number of piperazine rings is 1. The molecule has 1 saturated carbocycles. The standard InChI is InChI=1S/C29H36N4O3/c30-21-23-7-4-5-10-25(23)29(22-31-34,24-8-2-1-3-9-24)13-14-32-15-17-33(18-16-32)26-11-6-12-27-28(26)36-20-19-35-27/h4-7,10-12,22,24,34H,1-3,8-9,13-20H2. The first kappa shape index (κ1) is 24.5. The molecule has 1 N–H and O–H groups in total. The maximum atomic E-state index is 9.89. The van der Waals surface area contributed by atoms with Crippen LogP contribution in [-0.4, -0.2) is 62.3 Å². The molecule has 2 aromatic carbocycles. The Labute approximate surface area is 213 Å². The Morgan fingerprint density at radius 1 is 1.00 bits per heavy atom. The van der Waals surface area contributed by atoms with Crippen LogP contribution in [0.15, 0.2) is 47.6 Å². The van der Waals surface area contributed by atoms with Gasteiger partial charge in [-0.3, -0.25) is 4.90 Å². The molecule has 2 heterocycles. The highest BCUT2D eigenvalue weighted by atomic mass is 16.6. The Balaban J connectivity index is 1.32. The van der Waals surface area contributed by atoms with Gasteiger partial charge in [0.25, 0.3) is 0 Å². The number of ether oxygens (including phenoxy) is 2. The Kier molecular flexibility index (Phi) is 7.62. The summed E-state index contributed by atoms with van der Waals surface area (Å²) < 4.78 is 11.7. The van der Waals surface area contributed by atoms with E-state index in [1.54, 1.807) is 6.21 Å². The number of fused-ring (bicyclic) bond motifs is 1. The Morgan fingerprint density at radius 3 is 2.56 bits per heavy atom. The first-order valence-electron chi connectivity index (χ1n) is 13.3. The molecule has 0 spiro atoms. The monoisotopic (exact) mass is 488 g/mol. The van der Waals surface area contributed by atoms with Crippen LogP contribution in [0.3, 0.4) is 0 Å². The second-order valence-corrected chi connectivity index (χ2v) is 10.2. The van der Waals surface area contributed by atoms with Crippen LogP contribution in [0, 0.1) is 17.2 Å². The summed E-state index contributed by atoms with van der Waals surface area (Å²) >= 11 is 0. The molecule has 1 saturated heterocycles. The van der Waals surface area contributed by atoms with E-state index in [-0.39, 0.29) is 0 Å². The third-order valence-electron chi connectivity index (χ3n) is 8.27. The van der Waals surface area contributed by atoms with E-state index in [1.807, 2.05) is 30.3 Å². The fourth-order valence-electron chi connectivity index (χ4n) is 6.37. The third kappa shape index (κ3) is 4.87. The molecule has 5 rings (SSSR count). The number of para-hydroxylation sites is 1. The topological polar surface area (TPSA) is 81.3 Å². The van der Waals surface area contributed by atoms with Crippen molar-refractivity contribution in [1.82, 2.24) is 4.90 Å². The summed E-state index contributed by atoms with van der Waals surface area (Å²) in [5.41, 5.74) is 2.36. The minimum atomic E-state index is -0.442. The molecule has 0 bridgehead atoms. The van der Waals surface area contributed by atoms with Crippen LogP contribution in [0.2, 0.25) is 0 Å². The van der Waals surface area contributed by atoms with Crippen LogP contribution in [0.1, 0.15) is 49.7 Å². The lowest BCUT2D eigenvalue weighted by Crippen LogP contribution is -2.49. The predicted molar refractivity (Wildman–Crippen MR) is 140 cm³/mol. The van der Waals surface area contributed by atoms with Gasteiger partial charge in [-0.2, -0.15) is 5.26 Å². The molecule has 190 valence electrons. The van der Waals surface area contributed by atoms with E-state index >= 15 is 0 Å². The first-order chi connectivity index (χ1) is 17.7. The zero-order valence-electron chi connectivity index (χ0n) is 20.9. The van der Waals surface area contributed by atoms with Gasteiger partial charge in [-0.25, -0.2) is 0 Å². The van der Waals surface area contributed by atoms with Gasteiger partial charge in [0.15, 0.2) is 11.5 Å². The molecule has 7 heteroatoms. The highest BCUT2D eigenvalue weighted by Crippen LogP contribution is 2.44. The second-order valence-electron chi connectivity index (χ2n) is 10.2. The SMILES string of the molecule is N#Cc1ccccc1C(C=NO)(CCN1CCN(c2cccc3c2OCCO3)CC1)C1CCCCC1. The molecule has 2 aromatic rings. The molecule has 0 aromatic heterocycles. The lowest BCUT2D eigenvalue weighted by molar-refractivity contribution is 0.170. The second kappa shape index (κ2) is 11.2. The maximum Gasteiger partial charge on any atom is 0.184 e. The number of nitriles is 1. The molecule has 0 amide bonds. The van der Waals surface area contributed by atoms with Crippen LogP contribution >= 0.6 is 0 Å². The molecule has 1 unspecified atom stereocenters. The van der Waals surface area contributed by atoms with Crippen LogP contribution < -0.4 is 14.4 Å². The van der Waals surface area contributed by atoms with E-state index in [4.69, 9.17) is 9.47 Å². The smallest absolute Gasteiger partial charge is 0.184 e. The first-order valence-corrected chi connectivity index (χ1v) is 13.3. The fourth-order valence-corrected chi connectivity index (χ4v) is 6.37. The molecular formula is C29H36N4O3. The summed E-state index contributed by atoms with van der Waals surface area (Å²) in [6.45, 7) is 5.80. The van der Waals surface area contributed by atoms with Crippen molar-refractivity contribution in [2.75, 3.05) is 50.8 Å². The van der Waals surface area contributed by atoms with Crippen molar-refractivity contribution in [2.24, 2.45) is 11.1 Å². The van der Waals surface area contributed by atoms with Crippen molar-refractivity contribution in [1.29, 1.82) is 5.26 Å². The van der Waals surface area contributed by atoms with Crippen molar-refractivity contribution >= 4 is 11.9 Å². The fraction of sp³-hybridized carbons (Fsp3) is 0.517. The van der Waals surface area contributed by atoms with Gasteiger partial charge in [-0.15, -0.1) is 5.16 Å². The lowest BCUT2D eigenvalue weighted by Gasteiger charge is -2.43. The number of hydrogen-bond acceptors (Lipinski definition) is 7. The summed E-state index contributed by atoms with van der Waals surface area (Å²) in [5, 5.41) is 23.3. The van der Waals surface area contributed by atoms with Crippen molar-refractivity contribution in [3.8, 4) is 17.6 Å². The third-order valence-corrected chi connectivity index (χ3v) is 8.27. The van der Waals surface area contributed by atoms with Crippen molar-refractivity contribution < 1.29 is 14.7 Å². The van der Waals surface area contributed by atoms with Gasteiger partial charge in [-0.05, 0) is 55.5 Å². The number of rotatable bonds is 7. The van der Waals surface area contributed by atoms with E-state index in [2.05, 4.69) is 33.2 Å². The summed E-state index contributed by atoms with van der Waals surface area (Å²) in [5.74, 6) is 2.06. The summed E-state index contributed by atoms with van der Waals surface area (Å²) in [4.78, 5) is 4.89. The molecule has 0 radical (unpaired) electrons. The minimum absolute atomic E-state index is 0.367. The number of benzene rings is 2. The Bertz CT molecular complexity index is 1100. The van der Waals surface area contributed by atoms with Crippen molar-refractivity contribution in [3.05, 3.63) is 53.6 Å². The van der Waals surface area contributed by atoms with Crippen LogP contribution in [0.4, 0.5) is 5.69 Å². The summed E-state index contributed by atoms with van der Waals surface area (Å²) in [6.07, 6.45) is 8.39. The molecule has 7 nitrogen and oxygen atoms in total. The van der Waals surface area contributed by atoms with E-state index in [9.17, 15) is 10.5 Å². The molecule has 36 heavy (non-hydrogen) atoms. The number of oxime groups is 1. The van der Waals surface area contributed by atoms with Crippen molar-refractivity contribution in [2.45, 2.75) is 43.9 Å². The average molecular weight is 489 g/mol. The summed E-state index contributed by atoms with van der Waals surface area (Å²) in [7, 11) is 0. The van der Waals surface area contributed by atoms with Crippen LogP contribution in [-0.2, 0) is 5.41 Å². The van der Waals surface area contributed by atoms with Crippen LogP contribution in [0.5, 0.6) is 11.5 Å². The number of hydrogen-bond donors (Lipinski definition) is 1. The van der Waals surface area contributed by atoms with E-state index in [0.29, 0.717) is 24.7 Å². The van der Waals surface area contributed by atoms with E-state index < -0.39 is 5.41 Å². The van der Waals surface area contributed by atoms with Gasteiger partial charge in [0.1, 0.15) is 13.2 Å². The predicted octanol–water partition coefficient (Wildman–Crippen LogP) is 4.82. The highest BCUT2D eigenvalue weighted by molar-refractivity contribution is 5.75. The zero-order valence-corrected chi connectivity index (χ0v) is 20.9. The average Bonchev–Trinajstić information content (AvgIpc) is 2.96. The number of nitrogens with zero attached hydrogens (tertiary/aromatic N) is 4. The molecule has 3 aliphatic rings. The number of anilines is 1. The quantitative estimate of drug-likeness (QED) is 0.342. The Hall–Kier alpha value is -3.24. The zero-order chi connectivity index (χ0) is 24.8. The molecular weight excluding hydrogens is 452 g/mol. The minimum Gasteiger partial charge on any atom is -0.486 e. The molecule has 1 atom stereocenters. The van der Waals surface area contributed by atoms with E-state index in [0.717, 1.165) is 74.7 Å². The summed E-state index contributed by atoms with van der Waals surface area (Å²) in [6, 6.07) is 16.4. The van der Waals surface area contributed by atoms with Gasteiger partial charge >= 0.3 is 0 Å². The van der Waals surface area contributed by atoms with Gasteiger partial charge in [0.2, 0.25) is 0 Å². The Morgan fingerprint density at radius 2 is 1.78 bits per heavy atom.